The van der Waals surface area contributed by atoms with Crippen LogP contribution >= 0.6 is 12.4 Å². The van der Waals surface area contributed by atoms with Gasteiger partial charge in [0.05, 0.1) is 22.9 Å². The van der Waals surface area contributed by atoms with Crippen molar-refractivity contribution in [3.05, 3.63) is 29.3 Å². The molecule has 1 aromatic carbocycles. The summed E-state index contributed by atoms with van der Waals surface area (Å²) in [6.07, 6.45) is 0. The van der Waals surface area contributed by atoms with Crippen molar-refractivity contribution < 1.29 is 0 Å². The van der Waals surface area contributed by atoms with Crippen LogP contribution in [0.25, 0.3) is 0 Å². The molecule has 0 fully saturated rings. The lowest BCUT2D eigenvalue weighted by molar-refractivity contribution is 1.33. The number of hydrogen-bond acceptors (Lipinski definition) is 4. The van der Waals surface area contributed by atoms with Gasteiger partial charge in [-0.3, -0.25) is 5.84 Å². The highest BCUT2D eigenvalue weighted by atomic mass is 35.5. The number of nitrogens with zero attached hydrogens (tertiary/aromatic N) is 2. The molecule has 0 saturated carbocycles. The molecule has 3 N–H and O–H groups in total. The molecule has 5 heteroatoms. The Bertz CT molecular complexity index is 375. The third-order valence-corrected chi connectivity index (χ3v) is 1.42. The van der Waals surface area contributed by atoms with Gasteiger partial charge in [0, 0.05) is 0 Å². The first-order valence-electron chi connectivity index (χ1n) is 3.22. The molecule has 0 heterocycles. The molecule has 0 unspecified atom stereocenters. The molecule has 0 amide bonds. The van der Waals surface area contributed by atoms with E-state index in [1.165, 1.54) is 6.07 Å². The zero-order valence-corrected chi connectivity index (χ0v) is 7.43. The zero-order valence-electron chi connectivity index (χ0n) is 6.61. The Balaban J connectivity index is 0.00000144. The second-order valence-electron chi connectivity index (χ2n) is 2.13. The van der Waals surface area contributed by atoms with Crippen molar-refractivity contribution in [1.82, 2.24) is 0 Å². The Morgan fingerprint density at radius 2 is 1.92 bits per heavy atom. The largest absolute Gasteiger partial charge is 0.323 e. The van der Waals surface area contributed by atoms with Crippen molar-refractivity contribution in [2.24, 2.45) is 5.84 Å². The predicted octanol–water partition coefficient (Wildman–Crippen LogP) is 1.14. The molecule has 0 aliphatic rings. The fourth-order valence-electron chi connectivity index (χ4n) is 0.831. The molecule has 1 aromatic rings. The number of nitrogens with one attached hydrogen (secondary N) is 1. The summed E-state index contributed by atoms with van der Waals surface area (Å²) < 4.78 is 0. The van der Waals surface area contributed by atoms with E-state index in [4.69, 9.17) is 16.4 Å². The smallest absolute Gasteiger partial charge is 0.101 e. The maximum atomic E-state index is 8.58. The van der Waals surface area contributed by atoms with E-state index in [0.717, 1.165) is 0 Å². The van der Waals surface area contributed by atoms with Crippen molar-refractivity contribution in [2.45, 2.75) is 0 Å². The van der Waals surface area contributed by atoms with Gasteiger partial charge in [-0.1, -0.05) is 0 Å². The monoisotopic (exact) mass is 194 g/mol. The van der Waals surface area contributed by atoms with Gasteiger partial charge in [0.1, 0.15) is 6.07 Å². The summed E-state index contributed by atoms with van der Waals surface area (Å²) >= 11 is 0. The van der Waals surface area contributed by atoms with Crippen LogP contribution < -0.4 is 11.3 Å². The minimum atomic E-state index is 0. The van der Waals surface area contributed by atoms with Crippen LogP contribution in [0.4, 0.5) is 5.69 Å². The van der Waals surface area contributed by atoms with Gasteiger partial charge in [0.25, 0.3) is 0 Å². The summed E-state index contributed by atoms with van der Waals surface area (Å²) in [5.74, 6) is 5.14. The number of hydrogen-bond donors (Lipinski definition) is 2. The molecular weight excluding hydrogens is 188 g/mol. The Morgan fingerprint density at radius 1 is 1.23 bits per heavy atom. The van der Waals surface area contributed by atoms with E-state index in [-0.39, 0.29) is 12.4 Å². The van der Waals surface area contributed by atoms with Crippen LogP contribution in [0.1, 0.15) is 11.1 Å². The molecule has 0 saturated heterocycles. The Labute approximate surface area is 82.0 Å². The summed E-state index contributed by atoms with van der Waals surface area (Å²) in [6.45, 7) is 0. The fourth-order valence-corrected chi connectivity index (χ4v) is 0.831. The van der Waals surface area contributed by atoms with Crippen LogP contribution in [0, 0.1) is 22.7 Å². The topological polar surface area (TPSA) is 85.6 Å². The summed E-state index contributed by atoms with van der Waals surface area (Å²) in [5.41, 5.74) is 3.72. The van der Waals surface area contributed by atoms with Crippen molar-refractivity contribution in [3.8, 4) is 12.1 Å². The average Bonchev–Trinajstić information content (AvgIpc) is 2.16. The lowest BCUT2D eigenvalue weighted by Gasteiger charge is -2.01. The first-order valence-corrected chi connectivity index (χ1v) is 3.22. The highest BCUT2D eigenvalue weighted by molar-refractivity contribution is 5.85. The lowest BCUT2D eigenvalue weighted by atomic mass is 10.1. The Kier molecular flexibility index (Phi) is 4.32. The van der Waals surface area contributed by atoms with Gasteiger partial charge in [-0.25, -0.2) is 0 Å². The number of nitrogen functional groups attached to an aromatic ring is 1. The van der Waals surface area contributed by atoms with Crippen LogP contribution in [0.2, 0.25) is 0 Å². The van der Waals surface area contributed by atoms with Crippen LogP contribution in [0.15, 0.2) is 18.2 Å². The standard InChI is InChI=1S/C8H6N4.ClH/c9-4-6-1-2-7(5-10)8(3-6)12-11;/h1-3,12H,11H2;1H. The molecule has 13 heavy (non-hydrogen) atoms. The number of nitrogens with two attached hydrogens (primary N) is 1. The normalized spacial score (nSPS) is 7.62. The van der Waals surface area contributed by atoms with E-state index in [1.807, 2.05) is 12.1 Å². The second-order valence-corrected chi connectivity index (χ2v) is 2.13. The third-order valence-electron chi connectivity index (χ3n) is 1.42. The number of nitriles is 2. The second kappa shape index (κ2) is 5.00. The first-order chi connectivity index (χ1) is 5.81. The van der Waals surface area contributed by atoms with Crippen molar-refractivity contribution in [1.29, 1.82) is 10.5 Å². The fraction of sp³-hybridized carbons (Fsp3) is 0. The minimum Gasteiger partial charge on any atom is -0.323 e. The predicted molar refractivity (Wildman–Crippen MR) is 50.9 cm³/mol. The van der Waals surface area contributed by atoms with Gasteiger partial charge in [-0.2, -0.15) is 10.5 Å². The molecule has 66 valence electrons. The maximum Gasteiger partial charge on any atom is 0.101 e. The molecule has 1 rings (SSSR count). The third kappa shape index (κ3) is 2.34. The number of benzene rings is 1. The van der Waals surface area contributed by atoms with E-state index < -0.39 is 0 Å². The van der Waals surface area contributed by atoms with Gasteiger partial charge < -0.3 is 5.43 Å². The highest BCUT2D eigenvalue weighted by Crippen LogP contribution is 2.14. The molecule has 0 aliphatic carbocycles. The van der Waals surface area contributed by atoms with E-state index in [2.05, 4.69) is 5.43 Å². The Hall–Kier alpha value is -1.75. The zero-order chi connectivity index (χ0) is 8.97. The van der Waals surface area contributed by atoms with Crippen molar-refractivity contribution in [2.75, 3.05) is 5.43 Å². The molecule has 0 radical (unpaired) electrons. The molecule has 0 aromatic heterocycles. The number of halogens is 1. The van der Waals surface area contributed by atoms with Gasteiger partial charge in [-0.15, -0.1) is 12.4 Å². The van der Waals surface area contributed by atoms with Gasteiger partial charge >= 0.3 is 0 Å². The molecule has 0 spiro atoms. The van der Waals surface area contributed by atoms with E-state index in [0.29, 0.717) is 16.8 Å². The minimum absolute atomic E-state index is 0. The quantitative estimate of drug-likeness (QED) is 0.519. The molecule has 0 atom stereocenters. The summed E-state index contributed by atoms with van der Waals surface area (Å²) in [4.78, 5) is 0. The van der Waals surface area contributed by atoms with Gasteiger partial charge in [-0.05, 0) is 18.2 Å². The lowest BCUT2D eigenvalue weighted by Crippen LogP contribution is -2.08. The number of hydrazine groups is 1. The molecule has 4 nitrogen and oxygen atoms in total. The van der Waals surface area contributed by atoms with Gasteiger partial charge in [0.2, 0.25) is 0 Å². The van der Waals surface area contributed by atoms with Gasteiger partial charge in [0.15, 0.2) is 0 Å². The highest BCUT2D eigenvalue weighted by Gasteiger charge is 2.00. The van der Waals surface area contributed by atoms with E-state index >= 15 is 0 Å². The Morgan fingerprint density at radius 3 is 2.38 bits per heavy atom. The van der Waals surface area contributed by atoms with Crippen molar-refractivity contribution in [3.63, 3.8) is 0 Å². The summed E-state index contributed by atoms with van der Waals surface area (Å²) in [7, 11) is 0. The van der Waals surface area contributed by atoms with Crippen LogP contribution in [0.3, 0.4) is 0 Å². The maximum absolute atomic E-state index is 8.58. The first kappa shape index (κ1) is 11.2. The van der Waals surface area contributed by atoms with Crippen LogP contribution in [0.5, 0.6) is 0 Å². The molecule has 0 aliphatic heterocycles. The molecule has 0 bridgehead atoms. The van der Waals surface area contributed by atoms with Crippen LogP contribution in [-0.2, 0) is 0 Å². The van der Waals surface area contributed by atoms with Crippen molar-refractivity contribution >= 4 is 18.1 Å². The SMILES string of the molecule is Cl.N#Cc1ccc(C#N)c(NN)c1. The van der Waals surface area contributed by atoms with E-state index in [9.17, 15) is 0 Å². The number of rotatable bonds is 1. The van der Waals surface area contributed by atoms with Crippen LogP contribution in [-0.4, -0.2) is 0 Å². The van der Waals surface area contributed by atoms with E-state index in [1.54, 1.807) is 12.1 Å². The molecular formula is C8H7ClN4. The summed E-state index contributed by atoms with van der Waals surface area (Å²) in [6, 6.07) is 8.54. The summed E-state index contributed by atoms with van der Waals surface area (Å²) in [5, 5.41) is 17.1. The number of anilines is 1. The average molecular weight is 195 g/mol.